The number of guanidine groups is 1. The third kappa shape index (κ3) is 7.48. The summed E-state index contributed by atoms with van der Waals surface area (Å²) in [4.78, 5) is 4.73. The molecule has 1 aromatic carbocycles. The Kier molecular flexibility index (Phi) is 11.7. The number of nitrogens with one attached hydrogen (secondary N) is 2. The van der Waals surface area contributed by atoms with E-state index in [2.05, 4.69) is 17.6 Å². The lowest BCUT2D eigenvalue weighted by Crippen LogP contribution is -2.38. The average Bonchev–Trinajstić information content (AvgIpc) is 3.19. The van der Waals surface area contributed by atoms with Crippen LogP contribution >= 0.6 is 35.7 Å². The number of aliphatic imine (C=N–C) groups is 1. The van der Waals surface area contributed by atoms with E-state index in [0.717, 1.165) is 54.8 Å². The minimum Gasteiger partial charge on any atom is -0.496 e. The minimum absolute atomic E-state index is 0. The van der Waals surface area contributed by atoms with Crippen LogP contribution in [-0.4, -0.2) is 57.9 Å². The van der Waals surface area contributed by atoms with Gasteiger partial charge in [-0.3, -0.25) is 4.99 Å². The van der Waals surface area contributed by atoms with Gasteiger partial charge in [0.2, 0.25) is 0 Å². The van der Waals surface area contributed by atoms with Gasteiger partial charge >= 0.3 is 0 Å². The highest BCUT2D eigenvalue weighted by molar-refractivity contribution is 14.0. The molecule has 1 atom stereocenters. The van der Waals surface area contributed by atoms with Gasteiger partial charge in [0.25, 0.3) is 0 Å². The standard InChI is InChI=1S/C19H31N3O3S.HI/c1-5-20-19(22-13-15-7-6-10-26-15)21-9-8-16-17(24-3)11-14(23-2)12-18(16)25-4;/h11-12,15H,5-10,13H2,1-4H3,(H2,20,21,22);1H. The van der Waals surface area contributed by atoms with Gasteiger partial charge in [-0.05, 0) is 31.9 Å². The van der Waals surface area contributed by atoms with Crippen molar-refractivity contribution in [1.82, 2.24) is 10.6 Å². The topological polar surface area (TPSA) is 64.1 Å². The molecule has 6 nitrogen and oxygen atoms in total. The van der Waals surface area contributed by atoms with E-state index in [1.165, 1.54) is 18.6 Å². The maximum Gasteiger partial charge on any atom is 0.191 e. The molecule has 27 heavy (non-hydrogen) atoms. The van der Waals surface area contributed by atoms with Gasteiger partial charge in [0, 0.05) is 36.0 Å². The lowest BCUT2D eigenvalue weighted by molar-refractivity contribution is 0.368. The van der Waals surface area contributed by atoms with Crippen LogP contribution in [0.1, 0.15) is 25.3 Å². The molecule has 0 spiro atoms. The third-order valence-electron chi connectivity index (χ3n) is 4.31. The van der Waals surface area contributed by atoms with Gasteiger partial charge in [0.05, 0.1) is 27.9 Å². The Labute approximate surface area is 184 Å². The predicted octanol–water partition coefficient (Wildman–Crippen LogP) is 3.32. The molecule has 0 amide bonds. The van der Waals surface area contributed by atoms with Crippen LogP contribution in [0.2, 0.25) is 0 Å². The van der Waals surface area contributed by atoms with Crippen molar-refractivity contribution < 1.29 is 14.2 Å². The van der Waals surface area contributed by atoms with Crippen molar-refractivity contribution in [3.63, 3.8) is 0 Å². The number of halogens is 1. The molecular formula is C19H32IN3O3S. The van der Waals surface area contributed by atoms with Crippen molar-refractivity contribution in [3.05, 3.63) is 17.7 Å². The summed E-state index contributed by atoms with van der Waals surface area (Å²) in [5.41, 5.74) is 1.02. The van der Waals surface area contributed by atoms with Crippen LogP contribution in [0, 0.1) is 0 Å². The second kappa shape index (κ2) is 13.2. The molecule has 1 aliphatic rings. The number of benzene rings is 1. The van der Waals surface area contributed by atoms with Crippen molar-refractivity contribution >= 4 is 41.7 Å². The van der Waals surface area contributed by atoms with Gasteiger partial charge in [-0.1, -0.05) is 0 Å². The summed E-state index contributed by atoms with van der Waals surface area (Å²) in [5.74, 6) is 4.40. The Hall–Kier alpha value is -1.03. The van der Waals surface area contributed by atoms with Crippen LogP contribution < -0.4 is 24.8 Å². The van der Waals surface area contributed by atoms with Gasteiger partial charge in [0.1, 0.15) is 17.2 Å². The summed E-state index contributed by atoms with van der Waals surface area (Å²) in [6, 6.07) is 3.77. The third-order valence-corrected chi connectivity index (χ3v) is 5.69. The Bertz CT molecular complexity index is 571. The molecule has 0 radical (unpaired) electrons. The first-order valence-corrected chi connectivity index (χ1v) is 10.2. The van der Waals surface area contributed by atoms with Crippen LogP contribution in [0.25, 0.3) is 0 Å². The summed E-state index contributed by atoms with van der Waals surface area (Å²) in [7, 11) is 4.96. The monoisotopic (exact) mass is 509 g/mol. The predicted molar refractivity (Wildman–Crippen MR) is 125 cm³/mol. The molecule has 1 unspecified atom stereocenters. The zero-order valence-corrected chi connectivity index (χ0v) is 19.8. The van der Waals surface area contributed by atoms with Gasteiger partial charge in [-0.15, -0.1) is 24.0 Å². The second-order valence-electron chi connectivity index (χ2n) is 6.04. The van der Waals surface area contributed by atoms with Crippen molar-refractivity contribution in [2.45, 2.75) is 31.4 Å². The molecule has 8 heteroatoms. The molecule has 154 valence electrons. The molecule has 1 aliphatic heterocycles. The van der Waals surface area contributed by atoms with Crippen LogP contribution in [0.5, 0.6) is 17.2 Å². The van der Waals surface area contributed by atoms with Crippen molar-refractivity contribution in [1.29, 1.82) is 0 Å². The van der Waals surface area contributed by atoms with E-state index in [1.54, 1.807) is 21.3 Å². The molecule has 1 heterocycles. The quantitative estimate of drug-likeness (QED) is 0.303. The molecule has 1 saturated heterocycles. The zero-order chi connectivity index (χ0) is 18.8. The Balaban J connectivity index is 0.00000364. The minimum atomic E-state index is 0. The lowest BCUT2D eigenvalue weighted by atomic mass is 10.1. The summed E-state index contributed by atoms with van der Waals surface area (Å²) in [5, 5.41) is 7.39. The molecule has 2 rings (SSSR count). The number of ether oxygens (including phenoxy) is 3. The molecule has 0 bridgehead atoms. The van der Waals surface area contributed by atoms with E-state index in [-0.39, 0.29) is 24.0 Å². The number of nitrogens with zero attached hydrogens (tertiary/aromatic N) is 1. The Morgan fingerprint density at radius 3 is 2.37 bits per heavy atom. The van der Waals surface area contributed by atoms with Crippen LogP contribution in [0.15, 0.2) is 17.1 Å². The molecular weight excluding hydrogens is 477 g/mol. The van der Waals surface area contributed by atoms with Crippen molar-refractivity contribution in [3.8, 4) is 17.2 Å². The number of methoxy groups -OCH3 is 3. The van der Waals surface area contributed by atoms with E-state index in [9.17, 15) is 0 Å². The second-order valence-corrected chi connectivity index (χ2v) is 7.45. The molecule has 1 fully saturated rings. The molecule has 0 aromatic heterocycles. The Morgan fingerprint density at radius 1 is 1.15 bits per heavy atom. The van der Waals surface area contributed by atoms with E-state index in [1.807, 2.05) is 23.9 Å². The highest BCUT2D eigenvalue weighted by atomic mass is 127. The zero-order valence-electron chi connectivity index (χ0n) is 16.7. The maximum absolute atomic E-state index is 5.51. The Morgan fingerprint density at radius 2 is 1.85 bits per heavy atom. The van der Waals surface area contributed by atoms with Crippen molar-refractivity contribution in [2.24, 2.45) is 4.99 Å². The first kappa shape index (κ1) is 24.0. The highest BCUT2D eigenvalue weighted by Gasteiger charge is 2.16. The molecule has 0 saturated carbocycles. The fourth-order valence-corrected chi connectivity index (χ4v) is 4.13. The van der Waals surface area contributed by atoms with Gasteiger partial charge < -0.3 is 24.8 Å². The fraction of sp³-hybridized carbons (Fsp3) is 0.632. The fourth-order valence-electron chi connectivity index (χ4n) is 2.95. The average molecular weight is 509 g/mol. The van der Waals surface area contributed by atoms with Crippen molar-refractivity contribution in [2.75, 3.05) is 46.7 Å². The normalized spacial score (nSPS) is 16.4. The molecule has 2 N–H and O–H groups in total. The highest BCUT2D eigenvalue weighted by Crippen LogP contribution is 2.34. The summed E-state index contributed by atoms with van der Waals surface area (Å²) in [6.45, 7) is 4.54. The van der Waals surface area contributed by atoms with E-state index in [0.29, 0.717) is 5.25 Å². The largest absolute Gasteiger partial charge is 0.496 e. The summed E-state index contributed by atoms with van der Waals surface area (Å²) in [6.07, 6.45) is 3.35. The number of thioether (sulfide) groups is 1. The summed E-state index contributed by atoms with van der Waals surface area (Å²) >= 11 is 2.03. The van der Waals surface area contributed by atoms with Crippen LogP contribution in [0.4, 0.5) is 0 Å². The SMILES string of the molecule is CCNC(=NCC1CCCS1)NCCc1c(OC)cc(OC)cc1OC.I. The number of rotatable bonds is 9. The first-order chi connectivity index (χ1) is 12.7. The van der Waals surface area contributed by atoms with Gasteiger partial charge in [-0.25, -0.2) is 0 Å². The summed E-state index contributed by atoms with van der Waals surface area (Å²) < 4.78 is 16.3. The van der Waals surface area contributed by atoms with Gasteiger partial charge in [0.15, 0.2) is 5.96 Å². The molecule has 0 aliphatic carbocycles. The number of hydrogen-bond acceptors (Lipinski definition) is 5. The smallest absolute Gasteiger partial charge is 0.191 e. The molecule has 1 aromatic rings. The van der Waals surface area contributed by atoms with Crippen LogP contribution in [-0.2, 0) is 6.42 Å². The lowest BCUT2D eigenvalue weighted by Gasteiger charge is -2.16. The van der Waals surface area contributed by atoms with E-state index < -0.39 is 0 Å². The first-order valence-electron chi connectivity index (χ1n) is 9.14. The van der Waals surface area contributed by atoms with Gasteiger partial charge in [-0.2, -0.15) is 11.8 Å². The van der Waals surface area contributed by atoms with E-state index in [4.69, 9.17) is 19.2 Å². The number of hydrogen-bond donors (Lipinski definition) is 2. The van der Waals surface area contributed by atoms with E-state index >= 15 is 0 Å². The van der Waals surface area contributed by atoms with Crippen LogP contribution in [0.3, 0.4) is 0 Å². The maximum atomic E-state index is 5.51.